The molecule has 2 N–H and O–H groups in total. The number of amides is 1. The van der Waals surface area contributed by atoms with Crippen LogP contribution in [0, 0.1) is 0 Å². The molecule has 0 saturated carbocycles. The molecule has 0 saturated heterocycles. The summed E-state index contributed by atoms with van der Waals surface area (Å²) >= 11 is 0. The summed E-state index contributed by atoms with van der Waals surface area (Å²) in [6.07, 6.45) is 0. The maximum absolute atomic E-state index is 12.4. The molecule has 0 atom stereocenters. The number of hydrogen-bond donors (Lipinski definition) is 2. The normalized spacial score (nSPS) is 11.3. The minimum atomic E-state index is -3.81. The molecule has 8 heteroatoms. The third-order valence-corrected chi connectivity index (χ3v) is 5.13. The summed E-state index contributed by atoms with van der Waals surface area (Å²) in [4.78, 5) is 12.1. The van der Waals surface area contributed by atoms with E-state index < -0.39 is 15.9 Å². The lowest BCUT2D eigenvalue weighted by Gasteiger charge is -2.17. The van der Waals surface area contributed by atoms with Gasteiger partial charge in [-0.3, -0.25) is 4.79 Å². The summed E-state index contributed by atoms with van der Waals surface area (Å²) in [5, 5.41) is 12.1. The van der Waals surface area contributed by atoms with E-state index in [2.05, 4.69) is 5.32 Å². The summed E-state index contributed by atoms with van der Waals surface area (Å²) in [5.41, 5.74) is 0.220. The number of methoxy groups -OCH3 is 1. The van der Waals surface area contributed by atoms with Gasteiger partial charge in [-0.05, 0) is 36.4 Å². The minimum Gasteiger partial charge on any atom is -0.506 e. The molecule has 7 nitrogen and oxygen atoms in total. The summed E-state index contributed by atoms with van der Waals surface area (Å²) < 4.78 is 30.8. The number of sulfonamides is 1. The number of rotatable bonds is 6. The van der Waals surface area contributed by atoms with E-state index >= 15 is 0 Å². The molecule has 24 heavy (non-hydrogen) atoms. The Morgan fingerprint density at radius 1 is 1.17 bits per heavy atom. The second kappa shape index (κ2) is 7.33. The fourth-order valence-electron chi connectivity index (χ4n) is 1.98. The minimum absolute atomic E-state index is 0.0566. The summed E-state index contributed by atoms with van der Waals surface area (Å²) in [6, 6.07) is 12.1. The highest BCUT2D eigenvalue weighted by Gasteiger charge is 2.23. The predicted octanol–water partition coefficient (Wildman–Crippen LogP) is 1.66. The van der Waals surface area contributed by atoms with Crippen molar-refractivity contribution >= 4 is 21.6 Å². The van der Waals surface area contributed by atoms with E-state index in [4.69, 9.17) is 4.74 Å². The van der Waals surface area contributed by atoms with Crippen LogP contribution in [-0.2, 0) is 14.8 Å². The lowest BCUT2D eigenvalue weighted by atomic mass is 10.3. The van der Waals surface area contributed by atoms with Crippen molar-refractivity contribution in [2.45, 2.75) is 4.90 Å². The fourth-order valence-corrected chi connectivity index (χ4v) is 3.11. The first-order valence-electron chi connectivity index (χ1n) is 7.03. The van der Waals surface area contributed by atoms with Gasteiger partial charge in [0.15, 0.2) is 0 Å². The number of carbonyl (C=O) groups is 1. The quantitative estimate of drug-likeness (QED) is 0.773. The first-order valence-corrected chi connectivity index (χ1v) is 8.47. The van der Waals surface area contributed by atoms with Gasteiger partial charge in [-0.1, -0.05) is 12.1 Å². The van der Waals surface area contributed by atoms with Crippen LogP contribution in [0.1, 0.15) is 0 Å². The molecule has 0 aliphatic heterocycles. The maximum atomic E-state index is 12.4. The van der Waals surface area contributed by atoms with Gasteiger partial charge in [0.2, 0.25) is 15.9 Å². The number of phenols is 1. The van der Waals surface area contributed by atoms with Crippen molar-refractivity contribution in [2.24, 2.45) is 0 Å². The second-order valence-electron chi connectivity index (χ2n) is 5.00. The van der Waals surface area contributed by atoms with E-state index in [9.17, 15) is 18.3 Å². The number of nitrogens with one attached hydrogen (secondary N) is 1. The molecule has 0 aliphatic carbocycles. The van der Waals surface area contributed by atoms with Crippen molar-refractivity contribution in [3.63, 3.8) is 0 Å². The Morgan fingerprint density at radius 2 is 1.79 bits per heavy atom. The van der Waals surface area contributed by atoms with Crippen LogP contribution in [0.25, 0.3) is 0 Å². The third kappa shape index (κ3) is 4.03. The van der Waals surface area contributed by atoms with E-state index in [-0.39, 0.29) is 22.9 Å². The number of anilines is 1. The van der Waals surface area contributed by atoms with Gasteiger partial charge in [-0.15, -0.1) is 0 Å². The molecule has 0 bridgehead atoms. The molecule has 0 fully saturated rings. The highest BCUT2D eigenvalue weighted by atomic mass is 32.2. The topological polar surface area (TPSA) is 95.9 Å². The van der Waals surface area contributed by atoms with Gasteiger partial charge >= 0.3 is 0 Å². The van der Waals surface area contributed by atoms with Gasteiger partial charge in [0.05, 0.1) is 24.2 Å². The summed E-state index contributed by atoms with van der Waals surface area (Å²) in [5.74, 6) is -0.114. The Morgan fingerprint density at radius 3 is 2.38 bits per heavy atom. The average Bonchev–Trinajstić information content (AvgIpc) is 2.57. The molecular weight excluding hydrogens is 332 g/mol. The van der Waals surface area contributed by atoms with Crippen molar-refractivity contribution in [2.75, 3.05) is 26.0 Å². The molecule has 1 amide bonds. The predicted molar refractivity (Wildman–Crippen MR) is 89.5 cm³/mol. The molecular formula is C16H18N2O5S. The standard InChI is InChI=1S/C16H18N2O5S/c1-18(11-16(20)17-14-5-3-4-6-15(14)19)24(21,22)13-9-7-12(23-2)8-10-13/h3-10,19H,11H2,1-2H3,(H,17,20). The van der Waals surface area contributed by atoms with Crippen LogP contribution >= 0.6 is 0 Å². The number of nitrogens with zero attached hydrogens (tertiary/aromatic N) is 1. The lowest BCUT2D eigenvalue weighted by molar-refractivity contribution is -0.116. The van der Waals surface area contributed by atoms with Gasteiger partial charge < -0.3 is 15.2 Å². The molecule has 0 heterocycles. The largest absolute Gasteiger partial charge is 0.506 e. The molecule has 0 radical (unpaired) electrons. The Hall–Kier alpha value is -2.58. The molecule has 0 aromatic heterocycles. The highest BCUT2D eigenvalue weighted by molar-refractivity contribution is 7.89. The first-order chi connectivity index (χ1) is 11.3. The Balaban J connectivity index is 2.08. The van der Waals surface area contributed by atoms with Crippen LogP contribution < -0.4 is 10.1 Å². The van der Waals surface area contributed by atoms with Crippen molar-refractivity contribution < 1.29 is 23.1 Å². The zero-order valence-electron chi connectivity index (χ0n) is 13.3. The van der Waals surface area contributed by atoms with Crippen LogP contribution in [0.2, 0.25) is 0 Å². The molecule has 0 unspecified atom stereocenters. The van der Waals surface area contributed by atoms with Crippen LogP contribution in [0.15, 0.2) is 53.4 Å². The van der Waals surface area contributed by atoms with Crippen molar-refractivity contribution in [1.82, 2.24) is 4.31 Å². The number of aromatic hydroxyl groups is 1. The highest BCUT2D eigenvalue weighted by Crippen LogP contribution is 2.22. The number of phenolic OH excluding ortho intramolecular Hbond substituents is 1. The second-order valence-corrected chi connectivity index (χ2v) is 7.05. The number of carbonyl (C=O) groups excluding carboxylic acids is 1. The van der Waals surface area contributed by atoms with Crippen LogP contribution in [-0.4, -0.2) is 44.4 Å². The molecule has 0 spiro atoms. The van der Waals surface area contributed by atoms with Crippen molar-refractivity contribution in [3.05, 3.63) is 48.5 Å². The number of ether oxygens (including phenoxy) is 1. The molecule has 2 aromatic rings. The van der Waals surface area contributed by atoms with Gasteiger partial charge in [0, 0.05) is 7.05 Å². The molecule has 0 aliphatic rings. The van der Waals surface area contributed by atoms with E-state index in [1.165, 1.54) is 50.6 Å². The first kappa shape index (κ1) is 17.8. The van der Waals surface area contributed by atoms with E-state index in [0.29, 0.717) is 5.75 Å². The van der Waals surface area contributed by atoms with Crippen LogP contribution in [0.5, 0.6) is 11.5 Å². The summed E-state index contributed by atoms with van der Waals surface area (Å²) in [6.45, 7) is -0.386. The number of benzene rings is 2. The van der Waals surface area contributed by atoms with Crippen LogP contribution in [0.4, 0.5) is 5.69 Å². The average molecular weight is 350 g/mol. The zero-order valence-corrected chi connectivity index (χ0v) is 14.1. The lowest BCUT2D eigenvalue weighted by Crippen LogP contribution is -2.34. The third-order valence-electron chi connectivity index (χ3n) is 3.31. The summed E-state index contributed by atoms with van der Waals surface area (Å²) in [7, 11) is -1.01. The number of hydrogen-bond acceptors (Lipinski definition) is 5. The zero-order chi connectivity index (χ0) is 17.7. The van der Waals surface area contributed by atoms with Gasteiger partial charge in [0.25, 0.3) is 0 Å². The Kier molecular flexibility index (Phi) is 5.42. The number of para-hydroxylation sites is 2. The van der Waals surface area contributed by atoms with E-state index in [1.54, 1.807) is 12.1 Å². The van der Waals surface area contributed by atoms with Crippen molar-refractivity contribution in [1.29, 1.82) is 0 Å². The van der Waals surface area contributed by atoms with Crippen LogP contribution in [0.3, 0.4) is 0 Å². The Labute approximate surface area is 140 Å². The maximum Gasteiger partial charge on any atom is 0.243 e. The van der Waals surface area contributed by atoms with Gasteiger partial charge in [0.1, 0.15) is 11.5 Å². The number of likely N-dealkylation sites (N-methyl/N-ethyl adjacent to an activating group) is 1. The SMILES string of the molecule is COc1ccc(S(=O)(=O)N(C)CC(=O)Nc2ccccc2O)cc1. The van der Waals surface area contributed by atoms with E-state index in [0.717, 1.165) is 4.31 Å². The van der Waals surface area contributed by atoms with Gasteiger partial charge in [-0.25, -0.2) is 8.42 Å². The van der Waals surface area contributed by atoms with E-state index in [1.807, 2.05) is 0 Å². The Bertz CT molecular complexity index is 819. The monoisotopic (exact) mass is 350 g/mol. The van der Waals surface area contributed by atoms with Crippen molar-refractivity contribution in [3.8, 4) is 11.5 Å². The molecule has 128 valence electrons. The molecule has 2 aromatic carbocycles. The smallest absolute Gasteiger partial charge is 0.243 e. The molecule has 2 rings (SSSR count). The van der Waals surface area contributed by atoms with Gasteiger partial charge in [-0.2, -0.15) is 4.31 Å². The fraction of sp³-hybridized carbons (Fsp3) is 0.188.